The minimum absolute atomic E-state index is 0.0285. The Labute approximate surface area is 143 Å². The highest BCUT2D eigenvalue weighted by atomic mass is 16.2. The quantitative estimate of drug-likeness (QED) is 0.383. The van der Waals surface area contributed by atoms with Gasteiger partial charge in [-0.2, -0.15) is 0 Å². The van der Waals surface area contributed by atoms with E-state index in [1.165, 1.54) is 0 Å². The largest absolute Gasteiger partial charge is 0.346 e. The number of nitrogens with one attached hydrogen (secondary N) is 2. The summed E-state index contributed by atoms with van der Waals surface area (Å²) in [5.74, 6) is -1.55. The predicted molar refractivity (Wildman–Crippen MR) is 90.9 cm³/mol. The van der Waals surface area contributed by atoms with Crippen LogP contribution in [0.3, 0.4) is 0 Å². The zero-order valence-electron chi connectivity index (χ0n) is 14.9. The zero-order chi connectivity index (χ0) is 18.9. The average Bonchev–Trinajstić information content (AvgIpc) is 2.53. The first-order valence-electron chi connectivity index (χ1n) is 8.19. The Hall–Kier alpha value is -1.80. The lowest BCUT2D eigenvalue weighted by Crippen LogP contribution is -2.50. The van der Waals surface area contributed by atoms with Gasteiger partial charge in [-0.1, -0.05) is 27.7 Å². The van der Waals surface area contributed by atoms with Crippen LogP contribution >= 0.6 is 0 Å². The van der Waals surface area contributed by atoms with E-state index in [-0.39, 0.29) is 49.3 Å². The summed E-state index contributed by atoms with van der Waals surface area (Å²) in [5, 5.41) is 4.93. The Morgan fingerprint density at radius 3 is 2.04 bits per heavy atom. The average molecular weight is 342 g/mol. The summed E-state index contributed by atoms with van der Waals surface area (Å²) < 4.78 is 0. The number of hydrogen-bond donors (Lipinski definition) is 4. The van der Waals surface area contributed by atoms with Crippen molar-refractivity contribution in [1.29, 1.82) is 0 Å². The first-order chi connectivity index (χ1) is 11.1. The molecule has 0 aliphatic carbocycles. The van der Waals surface area contributed by atoms with Crippen LogP contribution < -0.4 is 22.1 Å². The second-order valence-electron chi connectivity index (χ2n) is 6.40. The van der Waals surface area contributed by atoms with Gasteiger partial charge in [0.25, 0.3) is 0 Å². The Morgan fingerprint density at radius 2 is 1.58 bits per heavy atom. The van der Waals surface area contributed by atoms with E-state index in [1.807, 2.05) is 0 Å². The molecule has 0 radical (unpaired) electrons. The SMILES string of the molecule is CC(C)C(=O)CC[C@H](NC(=O)CNC(=O)[C@@H](N)CN)C(=O)C(C)C. The molecule has 8 nitrogen and oxygen atoms in total. The summed E-state index contributed by atoms with van der Waals surface area (Å²) in [6, 6.07) is -1.63. The fourth-order valence-electron chi connectivity index (χ4n) is 1.91. The Balaban J connectivity index is 4.64. The van der Waals surface area contributed by atoms with Gasteiger partial charge in [-0.25, -0.2) is 0 Å². The number of ketones is 2. The highest BCUT2D eigenvalue weighted by molar-refractivity contribution is 5.93. The molecule has 0 heterocycles. The van der Waals surface area contributed by atoms with E-state index in [9.17, 15) is 19.2 Å². The summed E-state index contributed by atoms with van der Waals surface area (Å²) in [7, 11) is 0. The van der Waals surface area contributed by atoms with E-state index < -0.39 is 23.9 Å². The van der Waals surface area contributed by atoms with Gasteiger partial charge in [0.1, 0.15) is 5.78 Å². The van der Waals surface area contributed by atoms with Crippen LogP contribution in [0.2, 0.25) is 0 Å². The third-order valence-corrected chi connectivity index (χ3v) is 3.58. The van der Waals surface area contributed by atoms with Crippen LogP contribution in [0.1, 0.15) is 40.5 Å². The van der Waals surface area contributed by atoms with E-state index in [0.29, 0.717) is 0 Å². The molecular weight excluding hydrogens is 312 g/mol. The molecule has 0 fully saturated rings. The van der Waals surface area contributed by atoms with E-state index in [4.69, 9.17) is 11.5 Å². The van der Waals surface area contributed by atoms with E-state index in [1.54, 1.807) is 27.7 Å². The van der Waals surface area contributed by atoms with Crippen molar-refractivity contribution < 1.29 is 19.2 Å². The van der Waals surface area contributed by atoms with Crippen molar-refractivity contribution in [2.75, 3.05) is 13.1 Å². The highest BCUT2D eigenvalue weighted by Crippen LogP contribution is 2.09. The molecular formula is C16H30N4O4. The molecule has 0 spiro atoms. The van der Waals surface area contributed by atoms with Crippen molar-refractivity contribution in [1.82, 2.24) is 10.6 Å². The van der Waals surface area contributed by atoms with Crippen molar-refractivity contribution in [2.45, 2.75) is 52.6 Å². The molecule has 2 atom stereocenters. The van der Waals surface area contributed by atoms with Crippen LogP contribution in [0.4, 0.5) is 0 Å². The lowest BCUT2D eigenvalue weighted by Gasteiger charge is -2.20. The van der Waals surface area contributed by atoms with Crippen LogP contribution in [0.15, 0.2) is 0 Å². The van der Waals surface area contributed by atoms with Crippen LogP contribution in [0, 0.1) is 11.8 Å². The maximum atomic E-state index is 12.2. The van der Waals surface area contributed by atoms with Gasteiger partial charge in [0.05, 0.1) is 18.6 Å². The number of carbonyl (C=O) groups is 4. The molecule has 138 valence electrons. The molecule has 0 saturated heterocycles. The van der Waals surface area contributed by atoms with Gasteiger partial charge in [-0.05, 0) is 6.42 Å². The van der Waals surface area contributed by atoms with Gasteiger partial charge in [-0.3, -0.25) is 19.2 Å². The van der Waals surface area contributed by atoms with Gasteiger partial charge in [0.15, 0.2) is 5.78 Å². The fourth-order valence-corrected chi connectivity index (χ4v) is 1.91. The first kappa shape index (κ1) is 22.2. The second-order valence-corrected chi connectivity index (χ2v) is 6.40. The molecule has 0 rings (SSSR count). The number of carbonyl (C=O) groups excluding carboxylic acids is 4. The lowest BCUT2D eigenvalue weighted by atomic mass is 9.94. The van der Waals surface area contributed by atoms with Crippen LogP contribution in [0.5, 0.6) is 0 Å². The summed E-state index contributed by atoms with van der Waals surface area (Å²) >= 11 is 0. The molecule has 0 bridgehead atoms. The molecule has 0 unspecified atom stereocenters. The topological polar surface area (TPSA) is 144 Å². The number of Topliss-reactive ketones (excluding diaryl/α,β-unsaturated/α-hetero) is 2. The van der Waals surface area contributed by atoms with Crippen molar-refractivity contribution in [2.24, 2.45) is 23.3 Å². The van der Waals surface area contributed by atoms with Gasteiger partial charge in [0.2, 0.25) is 11.8 Å². The second kappa shape index (κ2) is 10.9. The molecule has 0 aromatic rings. The van der Waals surface area contributed by atoms with Crippen LogP contribution in [0.25, 0.3) is 0 Å². The van der Waals surface area contributed by atoms with Gasteiger partial charge >= 0.3 is 0 Å². The Kier molecular flexibility index (Phi) is 10.1. The molecule has 24 heavy (non-hydrogen) atoms. The Morgan fingerprint density at radius 1 is 1.00 bits per heavy atom. The smallest absolute Gasteiger partial charge is 0.239 e. The lowest BCUT2D eigenvalue weighted by molar-refractivity contribution is -0.130. The summed E-state index contributed by atoms with van der Waals surface area (Å²) in [6.07, 6.45) is 0.460. The number of nitrogens with two attached hydrogens (primary N) is 2. The third-order valence-electron chi connectivity index (χ3n) is 3.58. The number of hydrogen-bond acceptors (Lipinski definition) is 6. The van der Waals surface area contributed by atoms with E-state index in [2.05, 4.69) is 10.6 Å². The number of amides is 2. The Bertz CT molecular complexity index is 463. The molecule has 2 amide bonds. The van der Waals surface area contributed by atoms with Gasteiger partial charge < -0.3 is 22.1 Å². The van der Waals surface area contributed by atoms with E-state index in [0.717, 1.165) is 0 Å². The fraction of sp³-hybridized carbons (Fsp3) is 0.750. The molecule has 8 heteroatoms. The maximum Gasteiger partial charge on any atom is 0.239 e. The minimum atomic E-state index is -0.880. The zero-order valence-corrected chi connectivity index (χ0v) is 14.9. The van der Waals surface area contributed by atoms with Crippen LogP contribution in [-0.4, -0.2) is 48.6 Å². The highest BCUT2D eigenvalue weighted by Gasteiger charge is 2.24. The van der Waals surface area contributed by atoms with Crippen molar-refractivity contribution >= 4 is 23.4 Å². The maximum absolute atomic E-state index is 12.2. The standard InChI is InChI=1S/C16H30N4O4/c1-9(2)13(21)6-5-12(15(23)10(3)4)20-14(22)8-19-16(24)11(18)7-17/h9-12H,5-8,17-18H2,1-4H3,(H,19,24)(H,20,22)/t11-,12-/m0/s1. The molecule has 0 aromatic heterocycles. The monoisotopic (exact) mass is 342 g/mol. The van der Waals surface area contributed by atoms with Gasteiger partial charge in [-0.15, -0.1) is 0 Å². The third kappa shape index (κ3) is 8.16. The predicted octanol–water partition coefficient (Wildman–Crippen LogP) is -0.896. The van der Waals surface area contributed by atoms with Crippen molar-refractivity contribution in [3.63, 3.8) is 0 Å². The number of rotatable bonds is 11. The van der Waals surface area contributed by atoms with Crippen LogP contribution in [-0.2, 0) is 19.2 Å². The van der Waals surface area contributed by atoms with Crippen molar-refractivity contribution in [3.8, 4) is 0 Å². The first-order valence-corrected chi connectivity index (χ1v) is 8.19. The summed E-state index contributed by atoms with van der Waals surface area (Å²) in [6.45, 7) is 6.71. The summed E-state index contributed by atoms with van der Waals surface area (Å²) in [5.41, 5.74) is 10.7. The van der Waals surface area contributed by atoms with E-state index >= 15 is 0 Å². The summed E-state index contributed by atoms with van der Waals surface area (Å²) in [4.78, 5) is 47.4. The molecule has 0 aliphatic heterocycles. The van der Waals surface area contributed by atoms with Gasteiger partial charge in [0, 0.05) is 24.8 Å². The molecule has 0 aromatic carbocycles. The molecule has 0 saturated carbocycles. The minimum Gasteiger partial charge on any atom is -0.346 e. The van der Waals surface area contributed by atoms with Crippen molar-refractivity contribution in [3.05, 3.63) is 0 Å². The molecule has 0 aliphatic rings. The normalized spacial score (nSPS) is 13.5. The molecule has 6 N–H and O–H groups in total.